The summed E-state index contributed by atoms with van der Waals surface area (Å²) in [6.07, 6.45) is 3.23. The van der Waals surface area contributed by atoms with Crippen LogP contribution < -0.4 is 10.6 Å². The van der Waals surface area contributed by atoms with Crippen LogP contribution in [0.5, 0.6) is 0 Å². The van der Waals surface area contributed by atoms with Gasteiger partial charge in [0.25, 0.3) is 0 Å². The van der Waals surface area contributed by atoms with Crippen molar-refractivity contribution in [2.24, 2.45) is 0 Å². The van der Waals surface area contributed by atoms with Gasteiger partial charge < -0.3 is 15.4 Å². The highest BCUT2D eigenvalue weighted by molar-refractivity contribution is 8.00. The first kappa shape index (κ1) is 16.6. The van der Waals surface area contributed by atoms with Crippen LogP contribution in [0.2, 0.25) is 0 Å². The molecule has 0 aromatic carbocycles. The van der Waals surface area contributed by atoms with Gasteiger partial charge in [-0.15, -0.1) is 0 Å². The topological polar surface area (TPSA) is 50.4 Å². The molecule has 1 fully saturated rings. The number of rotatable bonds is 6. The summed E-state index contributed by atoms with van der Waals surface area (Å²) in [6.45, 7) is 9.03. The van der Waals surface area contributed by atoms with Gasteiger partial charge in [-0.1, -0.05) is 0 Å². The Morgan fingerprint density at radius 2 is 2.21 bits per heavy atom. The molecule has 2 amide bonds. The van der Waals surface area contributed by atoms with Crippen molar-refractivity contribution < 1.29 is 9.53 Å². The second-order valence-electron chi connectivity index (χ2n) is 6.30. The smallest absolute Gasteiger partial charge is 0.315 e. The quantitative estimate of drug-likeness (QED) is 0.790. The average Bonchev–Trinajstić information content (AvgIpc) is 2.73. The van der Waals surface area contributed by atoms with E-state index >= 15 is 0 Å². The maximum atomic E-state index is 11.9. The van der Waals surface area contributed by atoms with Gasteiger partial charge in [0.1, 0.15) is 0 Å². The third-order valence-corrected chi connectivity index (χ3v) is 5.19. The van der Waals surface area contributed by atoms with Gasteiger partial charge in [0.05, 0.1) is 5.60 Å². The van der Waals surface area contributed by atoms with E-state index in [0.717, 1.165) is 13.0 Å². The number of thioether (sulfide) groups is 1. The fourth-order valence-corrected chi connectivity index (χ4v) is 3.63. The number of carbonyl (C=O) groups is 1. The van der Waals surface area contributed by atoms with Crippen LogP contribution in [0.3, 0.4) is 0 Å². The lowest BCUT2D eigenvalue weighted by Crippen LogP contribution is -2.47. The zero-order chi connectivity index (χ0) is 14.5. The van der Waals surface area contributed by atoms with Gasteiger partial charge in [-0.2, -0.15) is 11.8 Å². The highest BCUT2D eigenvalue weighted by atomic mass is 32.2. The van der Waals surface area contributed by atoms with Crippen LogP contribution in [0.15, 0.2) is 0 Å². The highest BCUT2D eigenvalue weighted by Crippen LogP contribution is 2.36. The lowest BCUT2D eigenvalue weighted by molar-refractivity contribution is 0.00950. The lowest BCUT2D eigenvalue weighted by Gasteiger charge is -2.28. The van der Waals surface area contributed by atoms with Crippen molar-refractivity contribution in [2.75, 3.05) is 19.4 Å². The predicted molar refractivity (Wildman–Crippen MR) is 81.8 cm³/mol. The molecule has 112 valence electrons. The summed E-state index contributed by atoms with van der Waals surface area (Å²) >= 11 is 1.96. The van der Waals surface area contributed by atoms with E-state index in [1.165, 1.54) is 18.6 Å². The monoisotopic (exact) mass is 288 g/mol. The van der Waals surface area contributed by atoms with Crippen molar-refractivity contribution in [1.29, 1.82) is 0 Å². The Kier molecular flexibility index (Phi) is 5.99. The molecule has 1 rings (SSSR count). The van der Waals surface area contributed by atoms with Crippen molar-refractivity contribution in [3.05, 3.63) is 0 Å². The fraction of sp³-hybridized carbons (Fsp3) is 0.929. The molecule has 2 atom stereocenters. The van der Waals surface area contributed by atoms with E-state index in [1.807, 2.05) is 32.5 Å². The summed E-state index contributed by atoms with van der Waals surface area (Å²) in [4.78, 5) is 11.9. The third kappa shape index (κ3) is 6.04. The first-order valence-corrected chi connectivity index (χ1v) is 7.98. The normalized spacial score (nSPS) is 25.1. The second-order valence-corrected chi connectivity index (χ2v) is 7.98. The molecule has 0 unspecified atom stereocenters. The van der Waals surface area contributed by atoms with Gasteiger partial charge in [-0.25, -0.2) is 4.79 Å². The van der Waals surface area contributed by atoms with Crippen LogP contribution in [0.25, 0.3) is 0 Å². The van der Waals surface area contributed by atoms with Gasteiger partial charge in [0.15, 0.2) is 0 Å². The number of nitrogens with one attached hydrogen (secondary N) is 2. The van der Waals surface area contributed by atoms with E-state index in [-0.39, 0.29) is 22.4 Å². The number of amides is 2. The maximum Gasteiger partial charge on any atom is 0.315 e. The van der Waals surface area contributed by atoms with Crippen LogP contribution in [0.1, 0.15) is 47.0 Å². The standard InChI is InChI=1S/C14H28N2O2S/c1-11(9-13(2,3)18-5)16-12(17)15-10-14(4)7-6-8-19-14/h11H,6-10H2,1-5H3,(H2,15,16,17)/t11-,14+/m0/s1. The molecule has 0 radical (unpaired) electrons. The van der Waals surface area contributed by atoms with Crippen LogP contribution in [0, 0.1) is 0 Å². The number of hydrogen-bond donors (Lipinski definition) is 2. The van der Waals surface area contributed by atoms with E-state index in [4.69, 9.17) is 4.74 Å². The van der Waals surface area contributed by atoms with Crippen LogP contribution in [-0.2, 0) is 4.74 Å². The molecule has 2 N–H and O–H groups in total. The Labute approximate surface area is 121 Å². The average molecular weight is 288 g/mol. The zero-order valence-electron chi connectivity index (χ0n) is 12.8. The minimum absolute atomic E-state index is 0.0758. The SMILES string of the molecule is COC(C)(C)C[C@H](C)NC(=O)NC[C@@]1(C)CCCS1. The summed E-state index contributed by atoms with van der Waals surface area (Å²) in [5, 5.41) is 5.96. The summed E-state index contributed by atoms with van der Waals surface area (Å²) in [7, 11) is 1.70. The molecule has 1 saturated heterocycles. The second kappa shape index (κ2) is 6.84. The van der Waals surface area contributed by atoms with Crippen molar-refractivity contribution >= 4 is 17.8 Å². The van der Waals surface area contributed by atoms with Gasteiger partial charge in [0.2, 0.25) is 0 Å². The molecule has 0 aliphatic carbocycles. The Morgan fingerprint density at radius 3 is 2.74 bits per heavy atom. The van der Waals surface area contributed by atoms with Crippen molar-refractivity contribution in [3.63, 3.8) is 0 Å². The van der Waals surface area contributed by atoms with Gasteiger partial charge in [0, 0.05) is 24.4 Å². The molecule has 5 heteroatoms. The van der Waals surface area contributed by atoms with Crippen LogP contribution >= 0.6 is 11.8 Å². The number of ether oxygens (including phenoxy) is 1. The van der Waals surface area contributed by atoms with E-state index in [2.05, 4.69) is 17.6 Å². The van der Waals surface area contributed by atoms with Gasteiger partial charge >= 0.3 is 6.03 Å². The molecule has 1 aliphatic heterocycles. The predicted octanol–water partition coefficient (Wildman–Crippen LogP) is 2.77. The largest absolute Gasteiger partial charge is 0.379 e. The Hall–Kier alpha value is -0.420. The maximum absolute atomic E-state index is 11.9. The molecule has 0 aromatic heterocycles. The molecule has 4 nitrogen and oxygen atoms in total. The highest BCUT2D eigenvalue weighted by Gasteiger charge is 2.30. The summed E-state index contributed by atoms with van der Waals surface area (Å²) in [5.41, 5.74) is -0.208. The van der Waals surface area contributed by atoms with E-state index in [1.54, 1.807) is 7.11 Å². The summed E-state index contributed by atoms with van der Waals surface area (Å²) in [6, 6.07) is 0.0205. The molecule has 0 spiro atoms. The van der Waals surface area contributed by atoms with Gasteiger partial charge in [-0.05, 0) is 52.7 Å². The lowest BCUT2D eigenvalue weighted by atomic mass is 10.00. The van der Waals surface area contributed by atoms with E-state index < -0.39 is 0 Å². The number of carbonyl (C=O) groups excluding carboxylic acids is 1. The van der Waals surface area contributed by atoms with Gasteiger partial charge in [-0.3, -0.25) is 0 Å². The fourth-order valence-electron chi connectivity index (χ4n) is 2.39. The number of methoxy groups -OCH3 is 1. The molecule has 0 saturated carbocycles. The minimum Gasteiger partial charge on any atom is -0.379 e. The Morgan fingerprint density at radius 1 is 1.53 bits per heavy atom. The van der Waals surface area contributed by atoms with Crippen LogP contribution in [-0.4, -0.2) is 41.8 Å². The number of urea groups is 1. The third-order valence-electron chi connectivity index (χ3n) is 3.65. The molecular formula is C14H28N2O2S. The van der Waals surface area contributed by atoms with Crippen molar-refractivity contribution in [1.82, 2.24) is 10.6 Å². The summed E-state index contributed by atoms with van der Waals surface area (Å²) in [5.74, 6) is 1.21. The molecule has 1 heterocycles. The van der Waals surface area contributed by atoms with Crippen molar-refractivity contribution in [3.8, 4) is 0 Å². The Bertz CT molecular complexity index is 302. The Balaban J connectivity index is 2.27. The first-order chi connectivity index (χ1) is 8.76. The molecule has 19 heavy (non-hydrogen) atoms. The molecular weight excluding hydrogens is 260 g/mol. The molecule has 0 aromatic rings. The van der Waals surface area contributed by atoms with Crippen LogP contribution in [0.4, 0.5) is 4.79 Å². The minimum atomic E-state index is -0.208. The van der Waals surface area contributed by atoms with E-state index in [9.17, 15) is 4.79 Å². The van der Waals surface area contributed by atoms with E-state index in [0.29, 0.717) is 0 Å². The number of hydrogen-bond acceptors (Lipinski definition) is 3. The van der Waals surface area contributed by atoms with Crippen molar-refractivity contribution in [2.45, 2.75) is 63.3 Å². The first-order valence-electron chi connectivity index (χ1n) is 7.00. The zero-order valence-corrected chi connectivity index (χ0v) is 13.7. The summed E-state index contributed by atoms with van der Waals surface area (Å²) < 4.78 is 5.59. The molecule has 1 aliphatic rings. The molecule has 0 bridgehead atoms.